The molecule has 0 heterocycles. The molecule has 0 saturated carbocycles. The summed E-state index contributed by atoms with van der Waals surface area (Å²) in [5.74, 6) is 0. The Morgan fingerprint density at radius 1 is 0.298 bits per heavy atom. The first kappa shape index (κ1) is 13.3. The first-order valence-corrected chi connectivity index (χ1v) is 14.3. The average molecular weight is 622 g/mol. The van der Waals surface area contributed by atoms with Crippen molar-refractivity contribution in [2.45, 2.75) is 0 Å². The van der Waals surface area contributed by atoms with Gasteiger partial charge in [-0.25, -0.2) is 0 Å². The second kappa shape index (κ2) is 12.7. The van der Waals surface area contributed by atoms with Gasteiger partial charge in [0.25, 0.3) is 0 Å². The lowest BCUT2D eigenvalue weighted by Gasteiger charge is -2.26. The highest BCUT2D eigenvalue weighted by Crippen LogP contribution is 2.38. The lowest BCUT2D eigenvalue weighted by Crippen LogP contribution is -2.09. The maximum absolute atomic E-state index is 9.47. The molecule has 1 heteroatoms. The van der Waals surface area contributed by atoms with Crippen molar-refractivity contribution in [1.29, 1.82) is 0 Å². The molecular formula is C46H33N. The fourth-order valence-electron chi connectivity index (χ4n) is 4.96. The Hall–Kier alpha value is -6.18. The van der Waals surface area contributed by atoms with Crippen molar-refractivity contribution in [3.05, 3.63) is 200 Å². The Morgan fingerprint density at radius 3 is 1.21 bits per heavy atom. The van der Waals surface area contributed by atoms with Crippen LogP contribution in [0, 0.1) is 0 Å². The lowest BCUT2D eigenvalue weighted by atomic mass is 9.97. The number of hydrogen-bond donors (Lipinski definition) is 0. The van der Waals surface area contributed by atoms with E-state index in [4.69, 9.17) is 19.2 Å². The topological polar surface area (TPSA) is 3.24 Å². The molecule has 0 spiro atoms. The molecular weight excluding hydrogens is 567 g/mol. The minimum Gasteiger partial charge on any atom is -0.311 e. The summed E-state index contributed by atoms with van der Waals surface area (Å²) >= 11 is 0. The maximum Gasteiger partial charge on any atom is 0.0645 e. The minimum atomic E-state index is -1.10. The van der Waals surface area contributed by atoms with Gasteiger partial charge in [0.1, 0.15) is 0 Å². The summed E-state index contributed by atoms with van der Waals surface area (Å²) < 4.78 is 195. The van der Waals surface area contributed by atoms with E-state index in [1.807, 2.05) is 42.5 Å². The Balaban J connectivity index is 1.45. The van der Waals surface area contributed by atoms with Crippen LogP contribution in [0.3, 0.4) is 0 Å². The maximum atomic E-state index is 9.47. The quantitative estimate of drug-likeness (QED) is 0.171. The second-order valence-electron chi connectivity index (χ2n) is 10.1. The molecule has 0 bridgehead atoms. The van der Waals surface area contributed by atoms with E-state index < -0.39 is 172 Å². The van der Waals surface area contributed by atoms with Gasteiger partial charge in [-0.05, 0) is 104 Å². The summed E-state index contributed by atoms with van der Waals surface area (Å²) in [6, 6.07) is -0.425. The largest absolute Gasteiger partial charge is 0.311 e. The van der Waals surface area contributed by atoms with Crippen LogP contribution in [0.2, 0.25) is 0 Å². The number of nitrogens with zero attached hydrogens (tertiary/aromatic N) is 1. The molecule has 8 rings (SSSR count). The zero-order valence-electron chi connectivity index (χ0n) is 46.3. The fraction of sp³-hybridized carbons (Fsp3) is 0. The molecule has 8 aromatic rings. The molecule has 1 nitrogen and oxygen atoms in total. The second-order valence-corrected chi connectivity index (χ2v) is 10.1. The predicted octanol–water partition coefficient (Wildman–Crippen LogP) is 13.0. The van der Waals surface area contributed by atoms with Gasteiger partial charge in [0, 0.05) is 17.1 Å². The Labute approximate surface area is 307 Å². The lowest BCUT2D eigenvalue weighted by molar-refractivity contribution is 1.28. The molecule has 47 heavy (non-hydrogen) atoms. The monoisotopic (exact) mass is 621 g/mol. The average Bonchev–Trinajstić information content (AvgIpc) is 3.34. The van der Waals surface area contributed by atoms with Crippen LogP contribution in [-0.4, -0.2) is 0 Å². The number of rotatable bonds is 7. The molecule has 222 valence electrons. The van der Waals surface area contributed by atoms with Crippen LogP contribution in [0.25, 0.3) is 55.3 Å². The summed E-state index contributed by atoms with van der Waals surface area (Å²) in [6.45, 7) is 0. The van der Waals surface area contributed by atoms with Crippen LogP contribution < -0.4 is 4.90 Å². The van der Waals surface area contributed by atoms with Crippen molar-refractivity contribution in [3.8, 4) is 44.5 Å². The minimum absolute atomic E-state index is 0.218. The first-order chi connectivity index (χ1) is 32.5. The van der Waals surface area contributed by atoms with Crippen molar-refractivity contribution < 1.29 is 30.2 Å². The normalized spacial score (nSPS) is 17.5. The Kier molecular flexibility index (Phi) is 3.58. The molecule has 0 aliphatic heterocycles. The van der Waals surface area contributed by atoms with Crippen LogP contribution in [-0.2, 0) is 0 Å². The highest BCUT2D eigenvalue weighted by molar-refractivity contribution is 5.88. The van der Waals surface area contributed by atoms with E-state index in [1.165, 1.54) is 0 Å². The van der Waals surface area contributed by atoms with E-state index in [-0.39, 0.29) is 11.1 Å². The van der Waals surface area contributed by atoms with Gasteiger partial charge < -0.3 is 4.90 Å². The van der Waals surface area contributed by atoms with Crippen LogP contribution in [0.4, 0.5) is 17.1 Å². The zero-order chi connectivity index (χ0) is 50.6. The van der Waals surface area contributed by atoms with Gasteiger partial charge in [0.15, 0.2) is 0 Å². The third kappa shape index (κ3) is 5.95. The molecule has 0 radical (unpaired) electrons. The predicted molar refractivity (Wildman–Crippen MR) is 200 cm³/mol. The van der Waals surface area contributed by atoms with Crippen molar-refractivity contribution in [2.75, 3.05) is 4.90 Å². The standard InChI is InChI=1S/C46H33N/c1-3-10-34(11-4-1)37-20-26-44(27-21-37)47(45-28-22-38(23-29-45)35-12-5-2-6-13-35)46-30-24-39(25-31-46)41-16-9-17-42(32-41)43-19-18-36-14-7-8-15-40(36)33-43/h1-33H/i1D,2D,3D,4D,5D,6D,10D,11D,12D,13D,20D,21D,22D,23D,24D,25D,26D,27D,28D,29D,30D,31D. The zero-order valence-corrected chi connectivity index (χ0v) is 24.3. The highest BCUT2D eigenvalue weighted by Gasteiger charge is 2.14. The van der Waals surface area contributed by atoms with Gasteiger partial charge in [-0.1, -0.05) is 151 Å². The van der Waals surface area contributed by atoms with Gasteiger partial charge in [-0.3, -0.25) is 0 Å². The van der Waals surface area contributed by atoms with E-state index >= 15 is 0 Å². The molecule has 0 aromatic heterocycles. The number of benzene rings is 8. The fourth-order valence-corrected chi connectivity index (χ4v) is 4.96. The van der Waals surface area contributed by atoms with Gasteiger partial charge in [0.05, 0.1) is 30.2 Å². The van der Waals surface area contributed by atoms with E-state index in [9.17, 15) is 11.0 Å². The molecule has 0 N–H and O–H groups in total. The van der Waals surface area contributed by atoms with Crippen LogP contribution in [0.15, 0.2) is 200 Å². The van der Waals surface area contributed by atoms with Gasteiger partial charge in [-0.15, -0.1) is 0 Å². The number of hydrogen-bond acceptors (Lipinski definition) is 1. The third-order valence-electron chi connectivity index (χ3n) is 7.24. The molecule has 0 amide bonds. The van der Waals surface area contributed by atoms with Gasteiger partial charge in [-0.2, -0.15) is 0 Å². The first-order valence-electron chi connectivity index (χ1n) is 25.3. The summed E-state index contributed by atoms with van der Waals surface area (Å²) in [5, 5.41) is 1.91. The summed E-state index contributed by atoms with van der Waals surface area (Å²) in [4.78, 5) is 0.495. The number of anilines is 3. The molecule has 0 aliphatic rings. The van der Waals surface area contributed by atoms with Crippen LogP contribution in [0.5, 0.6) is 0 Å². The number of fused-ring (bicyclic) bond motifs is 1. The van der Waals surface area contributed by atoms with E-state index in [2.05, 4.69) is 0 Å². The molecule has 0 atom stereocenters. The summed E-state index contributed by atoms with van der Waals surface area (Å²) in [7, 11) is 0. The van der Waals surface area contributed by atoms with Crippen molar-refractivity contribution in [1.82, 2.24) is 0 Å². The molecule has 0 saturated heterocycles. The Morgan fingerprint density at radius 2 is 0.702 bits per heavy atom. The van der Waals surface area contributed by atoms with E-state index in [1.54, 1.807) is 24.3 Å². The molecule has 0 aliphatic carbocycles. The third-order valence-corrected chi connectivity index (χ3v) is 7.24. The summed E-state index contributed by atoms with van der Waals surface area (Å²) in [6.07, 6.45) is 0. The molecule has 0 fully saturated rings. The SMILES string of the molecule is [2H]c1c([2H])c([2H])c(-c2c([2H])c([2H])c(N(c3c([2H])c([2H])c(-c4cccc(-c5ccc6ccccc6c5)c4)c([2H])c3[2H])c3c([2H])c([2H])c(-c4c([2H])c([2H])c([2H])c([2H])c4[2H])c([2H])c3[2H])c([2H])c2[2H])c([2H])c1[2H]. The van der Waals surface area contributed by atoms with Gasteiger partial charge in [0.2, 0.25) is 0 Å². The van der Waals surface area contributed by atoms with Crippen LogP contribution in [0.1, 0.15) is 30.2 Å². The van der Waals surface area contributed by atoms with Crippen molar-refractivity contribution in [2.24, 2.45) is 0 Å². The van der Waals surface area contributed by atoms with Crippen molar-refractivity contribution >= 4 is 27.8 Å². The smallest absolute Gasteiger partial charge is 0.0645 e. The Bertz CT molecular complexity index is 3270. The van der Waals surface area contributed by atoms with Crippen molar-refractivity contribution in [3.63, 3.8) is 0 Å². The highest BCUT2D eigenvalue weighted by atomic mass is 15.1. The van der Waals surface area contributed by atoms with Crippen LogP contribution >= 0.6 is 0 Å². The molecule has 0 unspecified atom stereocenters. The van der Waals surface area contributed by atoms with E-state index in [0.29, 0.717) is 10.5 Å². The van der Waals surface area contributed by atoms with Gasteiger partial charge >= 0.3 is 0 Å². The molecule has 8 aromatic carbocycles. The summed E-state index contributed by atoms with van der Waals surface area (Å²) in [5.41, 5.74) is -4.41. The van der Waals surface area contributed by atoms with E-state index in [0.717, 1.165) is 16.3 Å².